The van der Waals surface area contributed by atoms with Gasteiger partial charge in [-0.15, -0.1) is 11.3 Å². The number of likely N-dealkylation sites (tertiary alicyclic amines) is 1. The second-order valence-electron chi connectivity index (χ2n) is 7.29. The molecule has 1 aliphatic rings. The van der Waals surface area contributed by atoms with E-state index < -0.39 is 0 Å². The van der Waals surface area contributed by atoms with E-state index in [4.69, 9.17) is 5.73 Å². The number of hydrogen-bond acceptors (Lipinski definition) is 4. The molecule has 136 valence electrons. The number of halogens is 1. The van der Waals surface area contributed by atoms with E-state index in [2.05, 4.69) is 12.0 Å². The molecule has 3 heterocycles. The fourth-order valence-corrected chi connectivity index (χ4v) is 4.58. The molecule has 2 N–H and O–H groups in total. The van der Waals surface area contributed by atoms with Gasteiger partial charge in [0.15, 0.2) is 0 Å². The summed E-state index contributed by atoms with van der Waals surface area (Å²) in [5, 5.41) is 5.51. The summed E-state index contributed by atoms with van der Waals surface area (Å²) in [7, 11) is 0. The summed E-state index contributed by atoms with van der Waals surface area (Å²) >= 11 is 1.43. The van der Waals surface area contributed by atoms with Crippen LogP contribution in [0.2, 0.25) is 0 Å². The lowest BCUT2D eigenvalue weighted by Gasteiger charge is -2.22. The van der Waals surface area contributed by atoms with Crippen molar-refractivity contribution < 1.29 is 9.18 Å². The smallest absolute Gasteiger partial charge is 0.264 e. The lowest BCUT2D eigenvalue weighted by molar-refractivity contribution is 0.0782. The van der Waals surface area contributed by atoms with Gasteiger partial charge < -0.3 is 10.6 Å². The highest BCUT2D eigenvalue weighted by molar-refractivity contribution is 7.20. The monoisotopic (exact) mass is 372 g/mol. The molecule has 3 aromatic rings. The van der Waals surface area contributed by atoms with Crippen LogP contribution in [-0.2, 0) is 0 Å². The summed E-state index contributed by atoms with van der Waals surface area (Å²) < 4.78 is 15.0. The van der Waals surface area contributed by atoms with E-state index in [1.54, 1.807) is 16.8 Å². The number of fused-ring (bicyclic) bond motifs is 1. The molecule has 0 saturated carbocycles. The van der Waals surface area contributed by atoms with Gasteiger partial charge in [-0.1, -0.05) is 6.92 Å². The van der Waals surface area contributed by atoms with Crippen LogP contribution in [0.4, 0.5) is 4.39 Å². The lowest BCUT2D eigenvalue weighted by atomic mass is 9.90. The fourth-order valence-electron chi connectivity index (χ4n) is 3.43. The number of amides is 1. The molecule has 1 fully saturated rings. The summed E-state index contributed by atoms with van der Waals surface area (Å²) in [6.07, 6.45) is 0.933. The highest BCUT2D eigenvalue weighted by Crippen LogP contribution is 2.34. The van der Waals surface area contributed by atoms with Crippen LogP contribution in [0.3, 0.4) is 0 Å². The predicted octanol–water partition coefficient (Wildman–Crippen LogP) is 3.35. The summed E-state index contributed by atoms with van der Waals surface area (Å²) in [4.78, 5) is 16.4. The zero-order valence-corrected chi connectivity index (χ0v) is 15.6. The van der Waals surface area contributed by atoms with Crippen LogP contribution >= 0.6 is 11.3 Å². The first-order valence-corrected chi connectivity index (χ1v) is 9.46. The Labute approximate surface area is 155 Å². The van der Waals surface area contributed by atoms with Gasteiger partial charge in [-0.25, -0.2) is 9.07 Å². The summed E-state index contributed by atoms with van der Waals surface area (Å²) in [5.74, 6) is -0.235. The molecule has 7 heteroatoms. The predicted molar refractivity (Wildman–Crippen MR) is 101 cm³/mol. The molecule has 4 rings (SSSR count). The van der Waals surface area contributed by atoms with Crippen molar-refractivity contribution in [3.8, 4) is 5.69 Å². The molecule has 1 saturated heterocycles. The second-order valence-corrected chi connectivity index (χ2v) is 8.33. The highest BCUT2D eigenvalue weighted by Gasteiger charge is 2.35. The number of nitrogens with zero attached hydrogens (tertiary/aromatic N) is 3. The highest BCUT2D eigenvalue weighted by atomic mass is 32.1. The maximum atomic E-state index is 13.2. The van der Waals surface area contributed by atoms with E-state index in [0.29, 0.717) is 18.0 Å². The van der Waals surface area contributed by atoms with Crippen molar-refractivity contribution in [2.24, 2.45) is 11.1 Å². The minimum atomic E-state index is -0.284. The van der Waals surface area contributed by atoms with E-state index in [1.807, 2.05) is 17.9 Å². The fraction of sp³-hybridized carbons (Fsp3) is 0.368. The number of rotatable bonds is 3. The summed E-state index contributed by atoms with van der Waals surface area (Å²) in [6, 6.07) is 8.12. The number of carbonyl (C=O) groups excluding carboxylic acids is 1. The quantitative estimate of drug-likeness (QED) is 0.767. The molecule has 1 unspecified atom stereocenters. The Morgan fingerprint density at radius 2 is 2.12 bits per heavy atom. The largest absolute Gasteiger partial charge is 0.337 e. The molecule has 0 radical (unpaired) electrons. The van der Waals surface area contributed by atoms with Gasteiger partial charge in [-0.05, 0) is 55.6 Å². The molecule has 2 aromatic heterocycles. The van der Waals surface area contributed by atoms with Gasteiger partial charge >= 0.3 is 0 Å². The third-order valence-corrected chi connectivity index (χ3v) is 6.26. The zero-order valence-electron chi connectivity index (χ0n) is 14.8. The number of benzene rings is 1. The number of nitrogens with two attached hydrogens (primary N) is 1. The van der Waals surface area contributed by atoms with Crippen LogP contribution < -0.4 is 5.73 Å². The maximum Gasteiger partial charge on any atom is 0.264 e. The molecule has 1 aromatic carbocycles. The standard InChI is InChI=1S/C19H21FN4OS/c1-12-15-9-16(17(25)23-8-7-19(2,10-21)11-23)26-18(15)24(22-12)14-5-3-13(20)4-6-14/h3-6,9H,7-8,10-11,21H2,1-2H3. The van der Waals surface area contributed by atoms with Crippen molar-refractivity contribution in [3.05, 3.63) is 46.7 Å². The van der Waals surface area contributed by atoms with Gasteiger partial charge in [0.25, 0.3) is 5.91 Å². The molecule has 0 aliphatic carbocycles. The number of carbonyl (C=O) groups is 1. The molecule has 1 atom stereocenters. The van der Waals surface area contributed by atoms with E-state index in [1.165, 1.54) is 23.5 Å². The van der Waals surface area contributed by atoms with Crippen molar-refractivity contribution in [1.29, 1.82) is 0 Å². The summed E-state index contributed by atoms with van der Waals surface area (Å²) in [5.41, 5.74) is 7.50. The van der Waals surface area contributed by atoms with E-state index in [9.17, 15) is 9.18 Å². The number of hydrogen-bond donors (Lipinski definition) is 1. The molecule has 0 bridgehead atoms. The average molecular weight is 372 g/mol. The van der Waals surface area contributed by atoms with Crippen LogP contribution in [-0.4, -0.2) is 40.2 Å². The first kappa shape index (κ1) is 17.2. The zero-order chi connectivity index (χ0) is 18.5. The Kier molecular flexibility index (Phi) is 4.08. The minimum Gasteiger partial charge on any atom is -0.337 e. The Hall–Kier alpha value is -2.25. The lowest BCUT2D eigenvalue weighted by Crippen LogP contribution is -2.34. The third-order valence-electron chi connectivity index (χ3n) is 5.16. The molecule has 1 amide bonds. The van der Waals surface area contributed by atoms with Crippen LogP contribution in [0.1, 0.15) is 28.7 Å². The Bertz CT molecular complexity index is 978. The Balaban J connectivity index is 1.69. The van der Waals surface area contributed by atoms with Gasteiger partial charge in [-0.3, -0.25) is 4.79 Å². The molecular formula is C19H21FN4OS. The molecule has 26 heavy (non-hydrogen) atoms. The first-order chi connectivity index (χ1) is 12.4. The Morgan fingerprint density at radius 3 is 2.77 bits per heavy atom. The van der Waals surface area contributed by atoms with Gasteiger partial charge in [0.2, 0.25) is 0 Å². The van der Waals surface area contributed by atoms with Gasteiger partial charge in [0.1, 0.15) is 10.6 Å². The van der Waals surface area contributed by atoms with E-state index in [0.717, 1.165) is 34.6 Å². The normalized spacial score (nSPS) is 20.2. The second kappa shape index (κ2) is 6.17. The van der Waals surface area contributed by atoms with Crippen molar-refractivity contribution in [1.82, 2.24) is 14.7 Å². The SMILES string of the molecule is Cc1nn(-c2ccc(F)cc2)c2sc(C(=O)N3CCC(C)(CN)C3)cc12. The third kappa shape index (κ3) is 2.81. The van der Waals surface area contributed by atoms with Crippen molar-refractivity contribution in [2.45, 2.75) is 20.3 Å². The number of aromatic nitrogens is 2. The van der Waals surface area contributed by atoms with Gasteiger partial charge in [0.05, 0.1) is 16.3 Å². The average Bonchev–Trinajstić information content (AvgIpc) is 3.31. The van der Waals surface area contributed by atoms with Crippen LogP contribution in [0.15, 0.2) is 30.3 Å². The van der Waals surface area contributed by atoms with Crippen molar-refractivity contribution in [2.75, 3.05) is 19.6 Å². The minimum absolute atomic E-state index is 0.00711. The van der Waals surface area contributed by atoms with Crippen molar-refractivity contribution >= 4 is 27.5 Å². The Morgan fingerprint density at radius 1 is 1.38 bits per heavy atom. The van der Waals surface area contributed by atoms with Gasteiger partial charge in [0, 0.05) is 18.5 Å². The maximum absolute atomic E-state index is 13.2. The molecule has 0 spiro atoms. The first-order valence-electron chi connectivity index (χ1n) is 8.65. The van der Waals surface area contributed by atoms with E-state index in [-0.39, 0.29) is 17.1 Å². The molecule has 1 aliphatic heterocycles. The number of thiophene rings is 1. The van der Waals surface area contributed by atoms with Crippen LogP contribution in [0, 0.1) is 18.2 Å². The topological polar surface area (TPSA) is 64.2 Å². The van der Waals surface area contributed by atoms with Gasteiger partial charge in [-0.2, -0.15) is 5.10 Å². The van der Waals surface area contributed by atoms with Crippen LogP contribution in [0.25, 0.3) is 15.9 Å². The number of aryl methyl sites for hydroxylation is 1. The van der Waals surface area contributed by atoms with Crippen LogP contribution in [0.5, 0.6) is 0 Å². The van der Waals surface area contributed by atoms with Crippen molar-refractivity contribution in [3.63, 3.8) is 0 Å². The van der Waals surface area contributed by atoms with E-state index >= 15 is 0 Å². The molecule has 5 nitrogen and oxygen atoms in total. The summed E-state index contributed by atoms with van der Waals surface area (Å²) in [6.45, 7) is 6.07. The molecular weight excluding hydrogens is 351 g/mol.